The molecule has 2 heterocycles. The van der Waals surface area contributed by atoms with Crippen molar-refractivity contribution in [1.82, 2.24) is 9.97 Å². The van der Waals surface area contributed by atoms with Crippen molar-refractivity contribution in [2.75, 3.05) is 5.32 Å². The number of rotatable bonds is 5. The molecular formula is C22H22FN5OS. The van der Waals surface area contributed by atoms with Crippen LogP contribution >= 0.6 is 12.2 Å². The fraction of sp³-hybridized carbons (Fsp3) is 0.182. The third-order valence-corrected chi connectivity index (χ3v) is 4.94. The largest absolute Gasteiger partial charge is 0.387 e. The smallest absolute Gasteiger partial charge is 0.153 e. The fourth-order valence-corrected chi connectivity index (χ4v) is 3.21. The van der Waals surface area contributed by atoms with Gasteiger partial charge in [-0.3, -0.25) is 4.98 Å². The number of hydrogen-bond donors (Lipinski definition) is 3. The molecule has 0 aliphatic carbocycles. The highest BCUT2D eigenvalue weighted by Gasteiger charge is 2.14. The topological polar surface area (TPSA) is 96.4 Å². The number of nitrogens with one attached hydrogen (secondary N) is 1. The number of anilines is 1. The van der Waals surface area contributed by atoms with E-state index in [1.807, 2.05) is 31.2 Å². The van der Waals surface area contributed by atoms with Crippen LogP contribution in [0.25, 0.3) is 11.1 Å². The minimum atomic E-state index is -1.13. The first-order valence-corrected chi connectivity index (χ1v) is 9.64. The van der Waals surface area contributed by atoms with E-state index in [1.54, 1.807) is 26.1 Å². The molecule has 0 bridgehead atoms. The average molecular weight is 424 g/mol. The number of pyridine rings is 2. The average Bonchev–Trinajstić information content (AvgIpc) is 2.70. The Bertz CT molecular complexity index is 1110. The number of aryl methyl sites for hydroxylation is 1. The number of halogens is 1. The first kappa shape index (κ1) is 21.5. The minimum absolute atomic E-state index is 0.334. The maximum atomic E-state index is 13.7. The molecule has 4 N–H and O–H groups in total. The lowest BCUT2D eigenvalue weighted by molar-refractivity contribution is 0.206. The van der Waals surface area contributed by atoms with E-state index >= 15 is 0 Å². The lowest BCUT2D eigenvalue weighted by Crippen LogP contribution is -2.13. The van der Waals surface area contributed by atoms with Crippen molar-refractivity contribution in [3.05, 3.63) is 77.0 Å². The highest BCUT2D eigenvalue weighted by atomic mass is 32.1. The van der Waals surface area contributed by atoms with Gasteiger partial charge in [-0.15, -0.1) is 0 Å². The summed E-state index contributed by atoms with van der Waals surface area (Å²) < 4.78 is 13.7. The maximum absolute atomic E-state index is 13.7. The van der Waals surface area contributed by atoms with E-state index in [2.05, 4.69) is 20.3 Å². The Labute approximate surface area is 179 Å². The molecule has 1 aromatic carbocycles. The number of hydrogen-bond acceptors (Lipinski definition) is 5. The fourth-order valence-electron chi connectivity index (χ4n) is 2.94. The van der Waals surface area contributed by atoms with Gasteiger partial charge in [-0.1, -0.05) is 24.4 Å². The molecule has 6 nitrogen and oxygen atoms in total. The Morgan fingerprint density at radius 2 is 1.97 bits per heavy atom. The van der Waals surface area contributed by atoms with Gasteiger partial charge < -0.3 is 16.2 Å². The molecule has 154 valence electrons. The Morgan fingerprint density at radius 3 is 2.63 bits per heavy atom. The molecule has 0 radical (unpaired) electrons. The normalized spacial score (nSPS) is 12.5. The van der Waals surface area contributed by atoms with E-state index in [1.165, 1.54) is 6.20 Å². The number of aliphatic imine (C=N–C) groups is 1. The van der Waals surface area contributed by atoms with Gasteiger partial charge in [0.25, 0.3) is 0 Å². The highest BCUT2D eigenvalue weighted by Crippen LogP contribution is 2.26. The van der Waals surface area contributed by atoms with E-state index in [-0.39, 0.29) is 0 Å². The second-order valence-electron chi connectivity index (χ2n) is 6.90. The molecule has 0 aliphatic rings. The molecule has 2 aromatic heterocycles. The number of aliphatic hydroxyl groups is 1. The molecule has 0 amide bonds. The SMILES string of the molecule is CC(N)=NC(=S)c1ccc(C)c(-c2ccc(NC(O)c3cncc(F)c3C)nc2)c1. The van der Waals surface area contributed by atoms with E-state index in [0.717, 1.165) is 28.5 Å². The molecule has 3 aromatic rings. The van der Waals surface area contributed by atoms with Crippen molar-refractivity contribution in [1.29, 1.82) is 0 Å². The predicted octanol–water partition coefficient (Wildman–Crippen LogP) is 4.06. The highest BCUT2D eigenvalue weighted by molar-refractivity contribution is 7.80. The quantitative estimate of drug-likeness (QED) is 0.248. The van der Waals surface area contributed by atoms with Gasteiger partial charge in [0, 0.05) is 29.1 Å². The minimum Gasteiger partial charge on any atom is -0.387 e. The molecule has 30 heavy (non-hydrogen) atoms. The van der Waals surface area contributed by atoms with Crippen molar-refractivity contribution in [2.45, 2.75) is 27.0 Å². The zero-order valence-electron chi connectivity index (χ0n) is 16.8. The van der Waals surface area contributed by atoms with Crippen LogP contribution in [0.4, 0.5) is 10.2 Å². The van der Waals surface area contributed by atoms with Gasteiger partial charge in [0.1, 0.15) is 16.6 Å². The van der Waals surface area contributed by atoms with E-state index in [9.17, 15) is 9.50 Å². The van der Waals surface area contributed by atoms with Gasteiger partial charge in [0.05, 0.1) is 12.0 Å². The summed E-state index contributed by atoms with van der Waals surface area (Å²) in [5.41, 5.74) is 10.0. The summed E-state index contributed by atoms with van der Waals surface area (Å²) in [5.74, 6) is 0.378. The van der Waals surface area contributed by atoms with Gasteiger partial charge in [0.2, 0.25) is 0 Å². The van der Waals surface area contributed by atoms with Gasteiger partial charge in [-0.05, 0) is 55.7 Å². The Hall–Kier alpha value is -3.23. The number of benzene rings is 1. The molecule has 8 heteroatoms. The first-order chi connectivity index (χ1) is 14.3. The molecule has 0 fully saturated rings. The molecular weight excluding hydrogens is 401 g/mol. The molecule has 1 unspecified atom stereocenters. The summed E-state index contributed by atoms with van der Waals surface area (Å²) in [5, 5.41) is 13.2. The number of aliphatic hydroxyl groups excluding tert-OH is 1. The van der Waals surface area contributed by atoms with Crippen molar-refractivity contribution in [3.63, 3.8) is 0 Å². The Kier molecular flexibility index (Phi) is 6.49. The lowest BCUT2D eigenvalue weighted by atomic mass is 9.99. The first-order valence-electron chi connectivity index (χ1n) is 9.23. The Morgan fingerprint density at radius 1 is 1.20 bits per heavy atom. The lowest BCUT2D eigenvalue weighted by Gasteiger charge is -2.16. The van der Waals surface area contributed by atoms with E-state index in [4.69, 9.17) is 18.0 Å². The van der Waals surface area contributed by atoms with Gasteiger partial charge in [-0.25, -0.2) is 14.4 Å². The number of amidine groups is 1. The second-order valence-corrected chi connectivity index (χ2v) is 7.29. The zero-order chi connectivity index (χ0) is 21.8. The second kappa shape index (κ2) is 9.06. The maximum Gasteiger partial charge on any atom is 0.153 e. The van der Waals surface area contributed by atoms with Crippen LogP contribution in [-0.4, -0.2) is 25.9 Å². The number of aromatic nitrogens is 2. The van der Waals surface area contributed by atoms with Crippen LogP contribution in [0, 0.1) is 19.7 Å². The molecule has 0 saturated heterocycles. The monoisotopic (exact) mass is 423 g/mol. The molecule has 0 saturated carbocycles. The summed E-state index contributed by atoms with van der Waals surface area (Å²) >= 11 is 5.33. The standard InChI is InChI=1S/C22H22FN5OS/c1-12-4-5-15(22(30)27-14(3)24)8-17(12)16-6-7-20(26-9-16)28-21(29)18-10-25-11-19(23)13(18)2/h4-11,21,29H,1-3H3,(H,26,28)(H2,24,27,30). The van der Waals surface area contributed by atoms with E-state index < -0.39 is 12.0 Å². The van der Waals surface area contributed by atoms with Crippen molar-refractivity contribution < 1.29 is 9.50 Å². The van der Waals surface area contributed by atoms with Crippen LogP contribution < -0.4 is 11.1 Å². The zero-order valence-corrected chi connectivity index (χ0v) is 17.7. The van der Waals surface area contributed by atoms with Crippen LogP contribution in [0.2, 0.25) is 0 Å². The van der Waals surface area contributed by atoms with E-state index in [0.29, 0.717) is 27.8 Å². The summed E-state index contributed by atoms with van der Waals surface area (Å²) in [6.07, 6.45) is 3.10. The Balaban J connectivity index is 1.83. The van der Waals surface area contributed by atoms with Crippen LogP contribution in [0.1, 0.15) is 35.4 Å². The number of nitrogens with two attached hydrogens (primary N) is 1. The third kappa shape index (κ3) is 4.84. The summed E-state index contributed by atoms with van der Waals surface area (Å²) in [6, 6.07) is 9.44. The molecule has 1 atom stereocenters. The van der Waals surface area contributed by atoms with Crippen LogP contribution in [-0.2, 0) is 0 Å². The summed E-state index contributed by atoms with van der Waals surface area (Å²) in [6.45, 7) is 5.27. The predicted molar refractivity (Wildman–Crippen MR) is 121 cm³/mol. The van der Waals surface area contributed by atoms with Crippen LogP contribution in [0.5, 0.6) is 0 Å². The van der Waals surface area contributed by atoms with Gasteiger partial charge in [0.15, 0.2) is 6.23 Å². The van der Waals surface area contributed by atoms with Crippen LogP contribution in [0.15, 0.2) is 53.9 Å². The van der Waals surface area contributed by atoms with Gasteiger partial charge >= 0.3 is 0 Å². The third-order valence-electron chi connectivity index (χ3n) is 4.61. The van der Waals surface area contributed by atoms with Gasteiger partial charge in [-0.2, -0.15) is 0 Å². The van der Waals surface area contributed by atoms with Crippen molar-refractivity contribution in [2.24, 2.45) is 10.7 Å². The molecule has 0 aliphatic heterocycles. The molecule has 3 rings (SSSR count). The van der Waals surface area contributed by atoms with Crippen molar-refractivity contribution in [3.8, 4) is 11.1 Å². The summed E-state index contributed by atoms with van der Waals surface area (Å²) in [7, 11) is 0. The number of nitrogens with zero attached hydrogens (tertiary/aromatic N) is 3. The summed E-state index contributed by atoms with van der Waals surface area (Å²) in [4.78, 5) is 12.7. The van der Waals surface area contributed by atoms with Crippen LogP contribution in [0.3, 0.4) is 0 Å². The number of thiocarbonyl (C=S) groups is 1. The van der Waals surface area contributed by atoms with Crippen molar-refractivity contribution >= 4 is 28.9 Å². The molecule has 0 spiro atoms.